The topological polar surface area (TPSA) is 88.4 Å². The summed E-state index contributed by atoms with van der Waals surface area (Å²) in [6.07, 6.45) is 3.06. The van der Waals surface area contributed by atoms with Crippen LogP contribution in [0.25, 0.3) is 16.9 Å². The van der Waals surface area contributed by atoms with E-state index in [-0.39, 0.29) is 10.8 Å². The van der Waals surface area contributed by atoms with Gasteiger partial charge in [-0.3, -0.25) is 9.59 Å². The van der Waals surface area contributed by atoms with E-state index in [1.54, 1.807) is 23.0 Å². The molecule has 4 rings (SSSR count). The van der Waals surface area contributed by atoms with Crippen LogP contribution in [0.1, 0.15) is 5.56 Å². The van der Waals surface area contributed by atoms with Gasteiger partial charge < -0.3 is 5.32 Å². The minimum absolute atomic E-state index is 0.238. The van der Waals surface area contributed by atoms with Gasteiger partial charge in [0.1, 0.15) is 11.5 Å². The van der Waals surface area contributed by atoms with E-state index in [9.17, 15) is 14.0 Å². The number of nitrogens with zero attached hydrogens (tertiary/aromatic N) is 3. The first-order valence-corrected chi connectivity index (χ1v) is 10.7. The highest BCUT2D eigenvalue weighted by atomic mass is 35.5. The fourth-order valence-electron chi connectivity index (χ4n) is 3.00. The minimum atomic E-state index is -0.985. The number of aromatic nitrogens is 2. The third-order valence-corrected chi connectivity index (χ3v) is 5.37. The lowest BCUT2D eigenvalue weighted by Gasteiger charge is -2.05. The first-order chi connectivity index (χ1) is 16.4. The Hall–Kier alpha value is -4.01. The Bertz CT molecular complexity index is 1370. The molecule has 1 aromatic heterocycles. The number of hydrazone groups is 1. The van der Waals surface area contributed by atoms with Gasteiger partial charge in [0.25, 0.3) is 0 Å². The zero-order chi connectivity index (χ0) is 24.1. The molecule has 170 valence electrons. The Kier molecular flexibility index (Phi) is 7.01. The Morgan fingerprint density at radius 3 is 2.38 bits per heavy atom. The van der Waals surface area contributed by atoms with Crippen LogP contribution in [0.4, 0.5) is 10.1 Å². The van der Waals surface area contributed by atoms with Crippen LogP contribution in [-0.4, -0.2) is 27.8 Å². The second-order valence-electron chi connectivity index (χ2n) is 7.00. The highest BCUT2D eigenvalue weighted by molar-refractivity contribution is 6.43. The molecule has 0 aliphatic heterocycles. The van der Waals surface area contributed by atoms with Crippen LogP contribution in [-0.2, 0) is 9.59 Å². The van der Waals surface area contributed by atoms with Gasteiger partial charge in [0, 0.05) is 23.0 Å². The van der Waals surface area contributed by atoms with Gasteiger partial charge in [-0.15, -0.1) is 0 Å². The lowest BCUT2D eigenvalue weighted by molar-refractivity contribution is -0.136. The standard InChI is InChI=1S/C24H16Cl2FN5O2/c25-20-11-10-18(12-21(20)26)29-23(33)24(34)30-28-13-16-14-32(19-4-2-1-3-5-19)31-22(16)15-6-8-17(27)9-7-15/h1-14H,(H,29,33)(H,30,34). The number of anilines is 1. The highest BCUT2D eigenvalue weighted by Gasteiger charge is 2.15. The van der Waals surface area contributed by atoms with Crippen LogP contribution < -0.4 is 10.7 Å². The molecular weight excluding hydrogens is 480 g/mol. The van der Waals surface area contributed by atoms with E-state index >= 15 is 0 Å². The van der Waals surface area contributed by atoms with Crippen molar-refractivity contribution >= 4 is 46.9 Å². The monoisotopic (exact) mass is 495 g/mol. The number of carbonyl (C=O) groups is 2. The van der Waals surface area contributed by atoms with Crippen molar-refractivity contribution in [2.75, 3.05) is 5.32 Å². The molecule has 10 heteroatoms. The van der Waals surface area contributed by atoms with Crippen molar-refractivity contribution in [1.29, 1.82) is 0 Å². The Morgan fingerprint density at radius 2 is 1.68 bits per heavy atom. The number of hydrogen-bond acceptors (Lipinski definition) is 4. The fraction of sp³-hybridized carbons (Fsp3) is 0. The lowest BCUT2D eigenvalue weighted by atomic mass is 10.1. The van der Waals surface area contributed by atoms with Gasteiger partial charge >= 0.3 is 11.8 Å². The molecule has 0 fully saturated rings. The Morgan fingerprint density at radius 1 is 0.941 bits per heavy atom. The van der Waals surface area contributed by atoms with Crippen LogP contribution >= 0.6 is 23.2 Å². The molecule has 0 saturated heterocycles. The fourth-order valence-corrected chi connectivity index (χ4v) is 3.30. The molecule has 7 nitrogen and oxygen atoms in total. The summed E-state index contributed by atoms with van der Waals surface area (Å²) in [6.45, 7) is 0. The van der Waals surface area contributed by atoms with E-state index in [1.165, 1.54) is 36.5 Å². The van der Waals surface area contributed by atoms with Crippen molar-refractivity contribution in [2.24, 2.45) is 5.10 Å². The van der Waals surface area contributed by atoms with Gasteiger partial charge in [0.05, 0.1) is 21.9 Å². The molecule has 0 spiro atoms. The quantitative estimate of drug-likeness (QED) is 0.230. The third kappa shape index (κ3) is 5.48. The Labute approximate surface area is 203 Å². The van der Waals surface area contributed by atoms with E-state index in [0.29, 0.717) is 27.5 Å². The molecule has 0 bridgehead atoms. The maximum absolute atomic E-state index is 13.4. The second-order valence-corrected chi connectivity index (χ2v) is 7.82. The third-order valence-electron chi connectivity index (χ3n) is 4.63. The summed E-state index contributed by atoms with van der Waals surface area (Å²) in [5, 5.41) is 11.4. The summed E-state index contributed by atoms with van der Waals surface area (Å²) in [6, 6.07) is 19.6. The van der Waals surface area contributed by atoms with E-state index < -0.39 is 11.8 Å². The molecule has 2 amide bonds. The molecule has 4 aromatic rings. The number of nitrogens with one attached hydrogen (secondary N) is 2. The van der Waals surface area contributed by atoms with Crippen molar-refractivity contribution in [1.82, 2.24) is 15.2 Å². The predicted molar refractivity (Wildman–Crippen MR) is 130 cm³/mol. The molecule has 0 unspecified atom stereocenters. The lowest BCUT2D eigenvalue weighted by Crippen LogP contribution is -2.32. The molecule has 3 aromatic carbocycles. The van der Waals surface area contributed by atoms with Gasteiger partial charge in [0.2, 0.25) is 0 Å². The molecule has 0 radical (unpaired) electrons. The first kappa shape index (κ1) is 23.2. The summed E-state index contributed by atoms with van der Waals surface area (Å²) in [5.74, 6) is -2.29. The van der Waals surface area contributed by atoms with Gasteiger partial charge in [-0.1, -0.05) is 41.4 Å². The number of rotatable bonds is 5. The van der Waals surface area contributed by atoms with Crippen LogP contribution in [0.15, 0.2) is 84.1 Å². The largest absolute Gasteiger partial charge is 0.329 e. The van der Waals surface area contributed by atoms with Crippen molar-refractivity contribution < 1.29 is 14.0 Å². The predicted octanol–water partition coefficient (Wildman–Crippen LogP) is 5.07. The van der Waals surface area contributed by atoms with Crippen LogP contribution in [0.5, 0.6) is 0 Å². The van der Waals surface area contributed by atoms with Crippen molar-refractivity contribution in [3.05, 3.63) is 100 Å². The molecule has 0 saturated carbocycles. The molecule has 0 atom stereocenters. The highest BCUT2D eigenvalue weighted by Crippen LogP contribution is 2.25. The zero-order valence-electron chi connectivity index (χ0n) is 17.4. The van der Waals surface area contributed by atoms with Crippen molar-refractivity contribution in [3.63, 3.8) is 0 Å². The summed E-state index contributed by atoms with van der Waals surface area (Å²) < 4.78 is 15.0. The number of hydrogen-bond donors (Lipinski definition) is 2. The second kappa shape index (κ2) is 10.3. The molecule has 0 aliphatic carbocycles. The summed E-state index contributed by atoms with van der Waals surface area (Å²) >= 11 is 11.8. The average Bonchev–Trinajstić information content (AvgIpc) is 3.26. The summed E-state index contributed by atoms with van der Waals surface area (Å²) in [5.41, 5.74) is 5.00. The molecule has 34 heavy (non-hydrogen) atoms. The van der Waals surface area contributed by atoms with E-state index in [0.717, 1.165) is 5.69 Å². The average molecular weight is 496 g/mol. The van der Waals surface area contributed by atoms with Crippen molar-refractivity contribution in [2.45, 2.75) is 0 Å². The molecular formula is C24H16Cl2FN5O2. The van der Waals surface area contributed by atoms with E-state index in [2.05, 4.69) is 20.9 Å². The van der Waals surface area contributed by atoms with Crippen LogP contribution in [0.2, 0.25) is 10.0 Å². The molecule has 0 aliphatic rings. The van der Waals surface area contributed by atoms with E-state index in [1.807, 2.05) is 30.3 Å². The van der Waals surface area contributed by atoms with Gasteiger partial charge in [-0.05, 0) is 54.6 Å². The van der Waals surface area contributed by atoms with Gasteiger partial charge in [-0.25, -0.2) is 14.5 Å². The molecule has 2 N–H and O–H groups in total. The maximum Gasteiger partial charge on any atom is 0.329 e. The van der Waals surface area contributed by atoms with Crippen LogP contribution in [0, 0.1) is 5.82 Å². The summed E-state index contributed by atoms with van der Waals surface area (Å²) in [4.78, 5) is 24.3. The Balaban J connectivity index is 1.52. The normalized spacial score (nSPS) is 10.9. The van der Waals surface area contributed by atoms with Gasteiger partial charge in [0.15, 0.2) is 0 Å². The number of amides is 2. The summed E-state index contributed by atoms with van der Waals surface area (Å²) in [7, 11) is 0. The SMILES string of the molecule is O=C(NN=Cc1cn(-c2ccccc2)nc1-c1ccc(F)cc1)C(=O)Nc1ccc(Cl)c(Cl)c1. The number of carbonyl (C=O) groups excluding carboxylic acids is 2. The minimum Gasteiger partial charge on any atom is -0.318 e. The van der Waals surface area contributed by atoms with E-state index in [4.69, 9.17) is 23.2 Å². The molecule has 1 heterocycles. The number of para-hydroxylation sites is 1. The smallest absolute Gasteiger partial charge is 0.318 e. The van der Waals surface area contributed by atoms with Crippen molar-refractivity contribution in [3.8, 4) is 16.9 Å². The van der Waals surface area contributed by atoms with Gasteiger partial charge in [-0.2, -0.15) is 10.2 Å². The maximum atomic E-state index is 13.4. The van der Waals surface area contributed by atoms with Crippen LogP contribution in [0.3, 0.4) is 0 Å². The number of halogens is 3. The zero-order valence-corrected chi connectivity index (χ0v) is 18.9. The first-order valence-electron chi connectivity index (χ1n) is 9.91. The number of benzene rings is 3.